The van der Waals surface area contributed by atoms with E-state index in [1.54, 1.807) is 13.1 Å². The summed E-state index contributed by atoms with van der Waals surface area (Å²) in [6.07, 6.45) is 3.40. The Morgan fingerprint density at radius 1 is 0.946 bits per heavy atom. The van der Waals surface area contributed by atoms with Crippen molar-refractivity contribution in [2.45, 2.75) is 19.8 Å². The minimum atomic E-state index is -1.11. The third kappa shape index (κ3) is 6.82. The molecule has 1 aromatic heterocycles. The summed E-state index contributed by atoms with van der Waals surface area (Å²) in [5.41, 5.74) is 5.41. The van der Waals surface area contributed by atoms with Gasteiger partial charge in [0.2, 0.25) is 0 Å². The summed E-state index contributed by atoms with van der Waals surface area (Å²) >= 11 is 5.96. The number of nitrogens with zero attached hydrogens (tertiary/aromatic N) is 1. The minimum absolute atomic E-state index is 0.0428. The van der Waals surface area contributed by atoms with Crippen molar-refractivity contribution in [2.24, 2.45) is 0 Å². The Balaban J connectivity index is 1.59. The van der Waals surface area contributed by atoms with Crippen molar-refractivity contribution < 1.29 is 14.7 Å². The first-order valence-electron chi connectivity index (χ1n) is 12.0. The quantitative estimate of drug-likeness (QED) is 0.268. The summed E-state index contributed by atoms with van der Waals surface area (Å²) in [7, 11) is 1.79. The van der Waals surface area contributed by atoms with Crippen LogP contribution in [0.15, 0.2) is 78.5 Å². The van der Waals surface area contributed by atoms with Crippen molar-refractivity contribution in [3.05, 3.63) is 117 Å². The van der Waals surface area contributed by atoms with Crippen molar-refractivity contribution in [1.29, 1.82) is 0 Å². The number of hydrogen-bond donors (Lipinski definition) is 3. The molecule has 0 bridgehead atoms. The van der Waals surface area contributed by atoms with Crippen molar-refractivity contribution in [1.82, 2.24) is 15.6 Å². The first-order valence-corrected chi connectivity index (χ1v) is 12.3. The number of likely N-dealkylation sites (N-methyl/N-ethyl adjacent to an activating group) is 1. The molecule has 0 spiro atoms. The fourth-order valence-corrected chi connectivity index (χ4v) is 4.18. The number of aryl methyl sites for hydroxylation is 3. The molecular formula is C30H28ClN3O3. The monoisotopic (exact) mass is 513 g/mol. The predicted octanol–water partition coefficient (Wildman–Crippen LogP) is 5.67. The second kappa shape index (κ2) is 11.8. The highest BCUT2D eigenvalue weighted by molar-refractivity contribution is 6.30. The van der Waals surface area contributed by atoms with Gasteiger partial charge in [0.25, 0.3) is 5.91 Å². The van der Waals surface area contributed by atoms with Crippen LogP contribution in [0, 0.1) is 6.92 Å². The van der Waals surface area contributed by atoms with Crippen molar-refractivity contribution in [3.8, 4) is 0 Å². The van der Waals surface area contributed by atoms with Gasteiger partial charge in [0, 0.05) is 22.7 Å². The maximum atomic E-state index is 13.1. The number of fused-ring (bicyclic) bond motifs is 1. The molecule has 4 rings (SSSR count). The van der Waals surface area contributed by atoms with Crippen LogP contribution in [0.25, 0.3) is 17.0 Å². The molecule has 0 atom stereocenters. The second-order valence-corrected chi connectivity index (χ2v) is 9.34. The van der Waals surface area contributed by atoms with E-state index in [2.05, 4.69) is 15.6 Å². The van der Waals surface area contributed by atoms with Crippen LogP contribution >= 0.6 is 11.6 Å². The number of carbonyl (C=O) groups is 2. The van der Waals surface area contributed by atoms with Crippen LogP contribution in [0.3, 0.4) is 0 Å². The molecule has 0 aliphatic rings. The maximum absolute atomic E-state index is 13.1. The van der Waals surface area contributed by atoms with E-state index in [1.807, 2.05) is 73.7 Å². The lowest BCUT2D eigenvalue weighted by Crippen LogP contribution is -2.29. The van der Waals surface area contributed by atoms with Gasteiger partial charge in [0.15, 0.2) is 0 Å². The average molecular weight is 514 g/mol. The Morgan fingerprint density at radius 2 is 1.62 bits per heavy atom. The number of pyridine rings is 1. The zero-order valence-corrected chi connectivity index (χ0v) is 21.5. The summed E-state index contributed by atoms with van der Waals surface area (Å²) < 4.78 is 0. The fourth-order valence-electron chi connectivity index (χ4n) is 4.06. The highest BCUT2D eigenvalue weighted by Gasteiger charge is 2.17. The van der Waals surface area contributed by atoms with Gasteiger partial charge < -0.3 is 15.7 Å². The van der Waals surface area contributed by atoms with E-state index in [0.29, 0.717) is 28.2 Å². The number of nitrogens with one attached hydrogen (secondary N) is 2. The van der Waals surface area contributed by atoms with E-state index in [0.717, 1.165) is 35.1 Å². The Hall–Kier alpha value is -4.00. The number of carboxylic acids is 1. The molecule has 37 heavy (non-hydrogen) atoms. The van der Waals surface area contributed by atoms with Gasteiger partial charge in [-0.3, -0.25) is 4.79 Å². The van der Waals surface area contributed by atoms with E-state index in [4.69, 9.17) is 11.6 Å². The molecular weight excluding hydrogens is 486 g/mol. The number of amides is 1. The van der Waals surface area contributed by atoms with Gasteiger partial charge in [-0.15, -0.1) is 0 Å². The normalized spacial score (nSPS) is 11.5. The van der Waals surface area contributed by atoms with Gasteiger partial charge in [0.1, 0.15) is 5.69 Å². The SMILES string of the molecule is CNC/C(=C/c1ccc(C)cc1)NC(=O)c1cc(C(=O)O)c2cc(CCc3ccc(Cl)cc3)ccc2n1. The lowest BCUT2D eigenvalue weighted by Gasteiger charge is -2.12. The molecule has 7 heteroatoms. The third-order valence-electron chi connectivity index (χ3n) is 6.01. The molecule has 0 unspecified atom stereocenters. The van der Waals surface area contributed by atoms with Crippen LogP contribution in [-0.2, 0) is 12.8 Å². The molecule has 0 aliphatic carbocycles. The summed E-state index contributed by atoms with van der Waals surface area (Å²) in [6, 6.07) is 22.5. The summed E-state index contributed by atoms with van der Waals surface area (Å²) in [4.78, 5) is 29.7. The third-order valence-corrected chi connectivity index (χ3v) is 6.26. The van der Waals surface area contributed by atoms with Crippen molar-refractivity contribution in [2.75, 3.05) is 13.6 Å². The van der Waals surface area contributed by atoms with Crippen LogP contribution in [0.1, 0.15) is 43.1 Å². The van der Waals surface area contributed by atoms with Gasteiger partial charge in [-0.05, 0) is 79.9 Å². The average Bonchev–Trinajstić information content (AvgIpc) is 2.89. The van der Waals surface area contributed by atoms with E-state index in [9.17, 15) is 14.7 Å². The second-order valence-electron chi connectivity index (χ2n) is 8.90. The molecule has 0 saturated heterocycles. The molecule has 3 N–H and O–H groups in total. The number of benzene rings is 3. The Bertz CT molecular complexity index is 1460. The molecule has 0 aliphatic heterocycles. The first-order chi connectivity index (χ1) is 17.8. The minimum Gasteiger partial charge on any atom is -0.478 e. The van der Waals surface area contributed by atoms with E-state index in [-0.39, 0.29) is 11.3 Å². The number of carboxylic acid groups (broad SMARTS) is 1. The molecule has 1 heterocycles. The van der Waals surface area contributed by atoms with Crippen LogP contribution in [0.2, 0.25) is 5.02 Å². The van der Waals surface area contributed by atoms with Crippen molar-refractivity contribution in [3.63, 3.8) is 0 Å². The van der Waals surface area contributed by atoms with Gasteiger partial charge in [-0.25, -0.2) is 9.78 Å². The highest BCUT2D eigenvalue weighted by atomic mass is 35.5. The summed E-state index contributed by atoms with van der Waals surface area (Å²) in [5.74, 6) is -1.58. The number of aromatic nitrogens is 1. The molecule has 0 fully saturated rings. The van der Waals surface area contributed by atoms with Crippen LogP contribution in [0.5, 0.6) is 0 Å². The topological polar surface area (TPSA) is 91.3 Å². The largest absolute Gasteiger partial charge is 0.478 e. The maximum Gasteiger partial charge on any atom is 0.336 e. The zero-order chi connectivity index (χ0) is 26.4. The van der Waals surface area contributed by atoms with Crippen molar-refractivity contribution >= 4 is 40.5 Å². The molecule has 3 aromatic carbocycles. The highest BCUT2D eigenvalue weighted by Crippen LogP contribution is 2.22. The lowest BCUT2D eigenvalue weighted by atomic mass is 10.00. The number of hydrogen-bond acceptors (Lipinski definition) is 4. The lowest BCUT2D eigenvalue weighted by molar-refractivity contribution is 0.0699. The molecule has 0 radical (unpaired) electrons. The standard InChI is InChI=1S/C30H28ClN3O3/c1-19-3-5-21(6-4-19)15-24(18-32-2)33-29(35)28-17-26(30(36)37)25-16-22(11-14-27(25)34-28)8-7-20-9-12-23(31)13-10-20/h3-6,9-17,32H,7-8,18H2,1-2H3,(H,33,35)(H,36,37)/b24-15-. The van der Waals surface area contributed by atoms with E-state index < -0.39 is 11.9 Å². The predicted molar refractivity (Wildman–Crippen MR) is 148 cm³/mol. The molecule has 1 amide bonds. The number of halogens is 1. The number of carbonyl (C=O) groups excluding carboxylic acids is 1. The summed E-state index contributed by atoms with van der Waals surface area (Å²) in [6.45, 7) is 2.44. The van der Waals surface area contributed by atoms with E-state index >= 15 is 0 Å². The van der Waals surface area contributed by atoms with Crippen LogP contribution < -0.4 is 10.6 Å². The molecule has 4 aromatic rings. The van der Waals surface area contributed by atoms with Crippen LogP contribution in [0.4, 0.5) is 0 Å². The zero-order valence-electron chi connectivity index (χ0n) is 20.7. The van der Waals surface area contributed by atoms with Gasteiger partial charge in [-0.1, -0.05) is 59.6 Å². The Kier molecular flexibility index (Phi) is 8.33. The molecule has 188 valence electrons. The van der Waals surface area contributed by atoms with Gasteiger partial charge >= 0.3 is 5.97 Å². The smallest absolute Gasteiger partial charge is 0.336 e. The van der Waals surface area contributed by atoms with Crippen LogP contribution in [-0.4, -0.2) is 35.6 Å². The Labute approximate surface area is 221 Å². The fraction of sp³-hybridized carbons (Fsp3) is 0.167. The molecule has 0 saturated carbocycles. The summed E-state index contributed by atoms with van der Waals surface area (Å²) in [5, 5.41) is 17.0. The van der Waals surface area contributed by atoms with Gasteiger partial charge in [-0.2, -0.15) is 0 Å². The van der Waals surface area contributed by atoms with E-state index in [1.165, 1.54) is 6.07 Å². The number of rotatable bonds is 9. The van der Waals surface area contributed by atoms with Gasteiger partial charge in [0.05, 0.1) is 11.1 Å². The molecule has 6 nitrogen and oxygen atoms in total. The number of aromatic carboxylic acids is 1. The Morgan fingerprint density at radius 3 is 2.30 bits per heavy atom. The first kappa shape index (κ1) is 26.1.